The molecule has 0 amide bonds. The molecule has 0 bridgehead atoms. The van der Waals surface area contributed by atoms with Crippen LogP contribution in [0.5, 0.6) is 5.75 Å². The van der Waals surface area contributed by atoms with Gasteiger partial charge < -0.3 is 5.11 Å². The number of aromatic nitrogens is 1. The molecule has 2 heterocycles. The van der Waals surface area contributed by atoms with Gasteiger partial charge in [-0.1, -0.05) is 65.4 Å². The number of aromatic hydroxyl groups is 1. The first kappa shape index (κ1) is 23.5. The molecule has 3 aromatic carbocycles. The van der Waals surface area contributed by atoms with Crippen LogP contribution < -0.4 is 14.9 Å². The number of thiazole rings is 1. The molecule has 0 aliphatic carbocycles. The van der Waals surface area contributed by atoms with E-state index in [4.69, 9.17) is 16.6 Å². The fourth-order valence-corrected chi connectivity index (χ4v) is 5.61. The first-order chi connectivity index (χ1) is 16.8. The Morgan fingerprint density at radius 1 is 1.14 bits per heavy atom. The van der Waals surface area contributed by atoms with Crippen LogP contribution in [0.1, 0.15) is 22.7 Å². The second kappa shape index (κ2) is 9.40. The molecule has 1 unspecified atom stereocenters. The van der Waals surface area contributed by atoms with Crippen LogP contribution in [0.4, 0.5) is 5.69 Å². The van der Waals surface area contributed by atoms with E-state index in [1.165, 1.54) is 17.4 Å². The number of nitro groups is 1. The molecule has 174 valence electrons. The van der Waals surface area contributed by atoms with Crippen molar-refractivity contribution < 1.29 is 10.0 Å². The van der Waals surface area contributed by atoms with Gasteiger partial charge in [0.05, 0.1) is 24.8 Å². The van der Waals surface area contributed by atoms with E-state index < -0.39 is 22.4 Å². The SMILES string of the molecule is O=c1c(=Cc2cc(I)c(O)c([N+](=O)[O-])c2)sc2n1C(c1ccc(Cl)cc1)C=C(c1ccccc1)N=2. The molecule has 0 saturated heterocycles. The van der Waals surface area contributed by atoms with Crippen LogP contribution in [-0.4, -0.2) is 14.6 Å². The number of fused-ring (bicyclic) bond motifs is 1. The van der Waals surface area contributed by atoms with Gasteiger partial charge in [0, 0.05) is 11.1 Å². The van der Waals surface area contributed by atoms with Crippen molar-refractivity contribution in [2.75, 3.05) is 0 Å². The van der Waals surface area contributed by atoms with Crippen molar-refractivity contribution >= 4 is 63.0 Å². The third kappa shape index (κ3) is 4.54. The van der Waals surface area contributed by atoms with Gasteiger partial charge in [-0.15, -0.1) is 0 Å². The van der Waals surface area contributed by atoms with Crippen LogP contribution in [0, 0.1) is 13.7 Å². The molecule has 1 aliphatic rings. The summed E-state index contributed by atoms with van der Waals surface area (Å²) in [4.78, 5) is 29.5. The Hall–Kier alpha value is -3.28. The Bertz CT molecular complexity index is 1680. The molecule has 1 aliphatic heterocycles. The van der Waals surface area contributed by atoms with Gasteiger partial charge in [0.1, 0.15) is 0 Å². The number of allylic oxidation sites excluding steroid dienone is 1. The number of rotatable bonds is 4. The lowest BCUT2D eigenvalue weighted by Gasteiger charge is -2.19. The average Bonchev–Trinajstić information content (AvgIpc) is 3.16. The number of nitrogens with zero attached hydrogens (tertiary/aromatic N) is 3. The molecule has 0 saturated carbocycles. The van der Waals surface area contributed by atoms with Crippen molar-refractivity contribution in [1.29, 1.82) is 0 Å². The van der Waals surface area contributed by atoms with Gasteiger partial charge in [-0.05, 0) is 69.6 Å². The number of hydrogen-bond donors (Lipinski definition) is 1. The van der Waals surface area contributed by atoms with Gasteiger partial charge >= 0.3 is 5.69 Å². The average molecular weight is 616 g/mol. The molecular formula is C25H15ClIN3O4S. The number of phenolic OH excluding ortho intramolecular Hbond substituents is 1. The third-order valence-corrected chi connectivity index (χ3v) is 7.55. The van der Waals surface area contributed by atoms with Crippen molar-refractivity contribution in [1.82, 2.24) is 4.57 Å². The minimum atomic E-state index is -0.650. The number of phenols is 1. The smallest absolute Gasteiger partial charge is 0.312 e. The zero-order chi connectivity index (χ0) is 24.7. The van der Waals surface area contributed by atoms with E-state index in [1.807, 2.05) is 71.1 Å². The second-order valence-corrected chi connectivity index (χ2v) is 10.3. The summed E-state index contributed by atoms with van der Waals surface area (Å²) >= 11 is 9.12. The summed E-state index contributed by atoms with van der Waals surface area (Å²) in [5.41, 5.74) is 2.31. The topological polar surface area (TPSA) is 97.7 Å². The first-order valence-electron chi connectivity index (χ1n) is 10.3. The molecule has 7 nitrogen and oxygen atoms in total. The minimum Gasteiger partial charge on any atom is -0.501 e. The summed E-state index contributed by atoms with van der Waals surface area (Å²) in [7, 11) is 0. The maximum absolute atomic E-state index is 13.5. The van der Waals surface area contributed by atoms with Gasteiger partial charge in [0.25, 0.3) is 5.56 Å². The van der Waals surface area contributed by atoms with Crippen LogP contribution >= 0.6 is 45.5 Å². The highest BCUT2D eigenvalue weighted by Gasteiger charge is 2.23. The predicted molar refractivity (Wildman–Crippen MR) is 144 cm³/mol. The highest BCUT2D eigenvalue weighted by atomic mass is 127. The maximum atomic E-state index is 13.5. The van der Waals surface area contributed by atoms with E-state index in [0.717, 1.165) is 16.8 Å². The molecule has 1 atom stereocenters. The highest BCUT2D eigenvalue weighted by molar-refractivity contribution is 14.1. The molecule has 1 aromatic heterocycles. The second-order valence-electron chi connectivity index (χ2n) is 7.72. The lowest BCUT2D eigenvalue weighted by atomic mass is 10.0. The Kier molecular flexibility index (Phi) is 6.30. The molecule has 1 N–H and O–H groups in total. The van der Waals surface area contributed by atoms with Crippen LogP contribution in [0.3, 0.4) is 0 Å². The van der Waals surface area contributed by atoms with Crippen LogP contribution in [0.2, 0.25) is 5.02 Å². The standard InChI is InChI=1S/C25H15ClIN3O4S/c26-17-8-6-16(7-9-17)20-13-19(15-4-2-1-3-5-15)28-25-29(20)24(32)22(35-25)12-14-10-18(27)23(31)21(11-14)30(33)34/h1-13,20,31H. The largest absolute Gasteiger partial charge is 0.501 e. The maximum Gasteiger partial charge on any atom is 0.312 e. The summed E-state index contributed by atoms with van der Waals surface area (Å²) in [6, 6.07) is 19.4. The summed E-state index contributed by atoms with van der Waals surface area (Å²) in [6.07, 6.45) is 3.53. The quantitative estimate of drug-likeness (QED) is 0.201. The van der Waals surface area contributed by atoms with Crippen molar-refractivity contribution in [3.63, 3.8) is 0 Å². The number of hydrogen-bond acceptors (Lipinski definition) is 6. The fourth-order valence-electron chi connectivity index (χ4n) is 3.83. The lowest BCUT2D eigenvalue weighted by molar-refractivity contribution is -0.386. The molecule has 10 heteroatoms. The molecule has 0 spiro atoms. The number of benzene rings is 3. The van der Waals surface area contributed by atoms with E-state index in [2.05, 4.69) is 0 Å². The van der Waals surface area contributed by atoms with Crippen molar-refractivity contribution in [3.8, 4) is 5.75 Å². The monoisotopic (exact) mass is 615 g/mol. The van der Waals surface area contributed by atoms with Gasteiger partial charge in [0.2, 0.25) is 5.75 Å². The number of halogens is 2. The lowest BCUT2D eigenvalue weighted by Crippen LogP contribution is -2.36. The van der Waals surface area contributed by atoms with E-state index in [0.29, 0.717) is 23.5 Å². The van der Waals surface area contributed by atoms with Gasteiger partial charge in [-0.3, -0.25) is 19.5 Å². The van der Waals surface area contributed by atoms with E-state index in [9.17, 15) is 20.0 Å². The first-order valence-corrected chi connectivity index (χ1v) is 12.6. The third-order valence-electron chi connectivity index (χ3n) is 5.49. The van der Waals surface area contributed by atoms with Crippen molar-refractivity contribution in [2.24, 2.45) is 4.99 Å². The van der Waals surface area contributed by atoms with E-state index in [-0.39, 0.29) is 5.56 Å². The van der Waals surface area contributed by atoms with E-state index >= 15 is 0 Å². The molecule has 5 rings (SSSR count). The normalized spacial score (nSPS) is 15.3. The molecule has 35 heavy (non-hydrogen) atoms. The molecule has 0 fully saturated rings. The van der Waals surface area contributed by atoms with Crippen LogP contribution in [0.25, 0.3) is 11.8 Å². The molecule has 0 radical (unpaired) electrons. The zero-order valence-corrected chi connectivity index (χ0v) is 21.5. The highest BCUT2D eigenvalue weighted by Crippen LogP contribution is 2.32. The van der Waals surface area contributed by atoms with Gasteiger partial charge in [-0.25, -0.2) is 4.99 Å². The Balaban J connectivity index is 1.73. The van der Waals surface area contributed by atoms with Crippen LogP contribution in [0.15, 0.2) is 82.6 Å². The molecule has 4 aromatic rings. The summed E-state index contributed by atoms with van der Waals surface area (Å²) < 4.78 is 2.31. The minimum absolute atomic E-state index is 0.261. The van der Waals surface area contributed by atoms with Crippen molar-refractivity contribution in [3.05, 3.63) is 128 Å². The molecular weight excluding hydrogens is 601 g/mol. The van der Waals surface area contributed by atoms with Crippen molar-refractivity contribution in [2.45, 2.75) is 6.04 Å². The predicted octanol–water partition coefficient (Wildman–Crippen LogP) is 4.87. The van der Waals surface area contributed by atoms with E-state index in [1.54, 1.807) is 28.8 Å². The Morgan fingerprint density at radius 2 is 1.86 bits per heavy atom. The number of nitro benzene ring substituents is 1. The Labute approximate surface area is 221 Å². The summed E-state index contributed by atoms with van der Waals surface area (Å²) in [5.74, 6) is -0.399. The fraction of sp³-hybridized carbons (Fsp3) is 0.0400. The zero-order valence-electron chi connectivity index (χ0n) is 17.8. The Morgan fingerprint density at radius 3 is 2.54 bits per heavy atom. The summed E-state index contributed by atoms with van der Waals surface area (Å²) in [6.45, 7) is 0. The summed E-state index contributed by atoms with van der Waals surface area (Å²) in [5, 5.41) is 21.9. The van der Waals surface area contributed by atoms with Gasteiger partial charge in [0.15, 0.2) is 4.80 Å². The van der Waals surface area contributed by atoms with Crippen LogP contribution in [-0.2, 0) is 0 Å². The van der Waals surface area contributed by atoms with Gasteiger partial charge in [-0.2, -0.15) is 0 Å².